The molecule has 0 unspecified atom stereocenters. The highest BCUT2D eigenvalue weighted by Gasteiger charge is 2.05. The summed E-state index contributed by atoms with van der Waals surface area (Å²) in [6.07, 6.45) is 4.95. The number of pyridine rings is 1. The number of rotatable bonds is 4. The Morgan fingerprint density at radius 3 is 2.50 bits per heavy atom. The van der Waals surface area contributed by atoms with E-state index in [9.17, 15) is 9.59 Å². The molecule has 1 aromatic rings. The number of aromatic nitrogens is 1. The lowest BCUT2D eigenvalue weighted by atomic mass is 10.4. The third-order valence-electron chi connectivity index (χ3n) is 1.76. The van der Waals surface area contributed by atoms with Crippen LogP contribution in [0.1, 0.15) is 0 Å². The summed E-state index contributed by atoms with van der Waals surface area (Å²) >= 11 is 3.93. The van der Waals surface area contributed by atoms with Gasteiger partial charge in [-0.25, -0.2) is 0 Å². The maximum atomic E-state index is 11.4. The standard InChI is InChI=1S/C10H10I2N2O2/c1-2-3-13-9(15)6-14-4-7(11)10(16)8(12)5-14/h2,4-5H,1,3,6H2,(H,13,15). The summed E-state index contributed by atoms with van der Waals surface area (Å²) in [5.74, 6) is -0.102. The molecule has 16 heavy (non-hydrogen) atoms. The van der Waals surface area contributed by atoms with Crippen molar-refractivity contribution >= 4 is 51.1 Å². The normalized spacial score (nSPS) is 9.88. The van der Waals surface area contributed by atoms with Gasteiger partial charge in [0.25, 0.3) is 0 Å². The fraction of sp³-hybridized carbons (Fsp3) is 0.200. The third-order valence-corrected chi connectivity index (χ3v) is 3.30. The van der Waals surface area contributed by atoms with Crippen LogP contribution in [-0.2, 0) is 11.3 Å². The molecule has 0 aromatic carbocycles. The Labute approximate surface area is 120 Å². The number of amides is 1. The van der Waals surface area contributed by atoms with Crippen LogP contribution in [0.25, 0.3) is 0 Å². The second kappa shape index (κ2) is 6.38. The SMILES string of the molecule is C=CCNC(=O)Cn1cc(I)c(=O)c(I)c1. The molecule has 1 aromatic heterocycles. The summed E-state index contributed by atoms with van der Waals surface area (Å²) < 4.78 is 2.92. The second-order valence-corrected chi connectivity index (χ2v) is 5.37. The van der Waals surface area contributed by atoms with Gasteiger partial charge in [0.2, 0.25) is 11.3 Å². The zero-order valence-electron chi connectivity index (χ0n) is 8.37. The van der Waals surface area contributed by atoms with Crippen molar-refractivity contribution in [2.45, 2.75) is 6.54 Å². The lowest BCUT2D eigenvalue weighted by molar-refractivity contribution is -0.121. The van der Waals surface area contributed by atoms with Crippen LogP contribution in [0, 0.1) is 7.14 Å². The van der Waals surface area contributed by atoms with E-state index in [4.69, 9.17) is 0 Å². The van der Waals surface area contributed by atoms with Crippen LogP contribution in [-0.4, -0.2) is 17.0 Å². The quantitative estimate of drug-likeness (QED) is 0.564. The largest absolute Gasteiger partial charge is 0.351 e. The minimum absolute atomic E-state index is 0.00366. The molecule has 0 bridgehead atoms. The Kier molecular flexibility index (Phi) is 5.46. The number of nitrogens with zero attached hydrogens (tertiary/aromatic N) is 1. The van der Waals surface area contributed by atoms with E-state index in [2.05, 4.69) is 11.9 Å². The molecule has 0 radical (unpaired) electrons. The molecule has 1 N–H and O–H groups in total. The van der Waals surface area contributed by atoms with E-state index in [1.54, 1.807) is 23.0 Å². The van der Waals surface area contributed by atoms with Crippen LogP contribution in [0.3, 0.4) is 0 Å². The maximum absolute atomic E-state index is 11.4. The van der Waals surface area contributed by atoms with E-state index in [-0.39, 0.29) is 17.9 Å². The minimum atomic E-state index is -0.102. The molecule has 0 saturated heterocycles. The van der Waals surface area contributed by atoms with Gasteiger partial charge in [-0.15, -0.1) is 6.58 Å². The predicted molar refractivity (Wildman–Crippen MR) is 79.3 cm³/mol. The van der Waals surface area contributed by atoms with E-state index in [1.807, 2.05) is 45.2 Å². The fourth-order valence-corrected chi connectivity index (χ4v) is 2.87. The van der Waals surface area contributed by atoms with Crippen molar-refractivity contribution in [1.29, 1.82) is 0 Å². The van der Waals surface area contributed by atoms with Crippen molar-refractivity contribution in [1.82, 2.24) is 9.88 Å². The molecule has 0 aliphatic heterocycles. The van der Waals surface area contributed by atoms with Gasteiger partial charge >= 0.3 is 0 Å². The van der Waals surface area contributed by atoms with Crippen LogP contribution in [0.5, 0.6) is 0 Å². The van der Waals surface area contributed by atoms with Gasteiger partial charge in [0.1, 0.15) is 6.54 Å². The zero-order chi connectivity index (χ0) is 12.1. The Bertz CT molecular complexity index is 442. The van der Waals surface area contributed by atoms with Crippen molar-refractivity contribution in [3.05, 3.63) is 42.4 Å². The predicted octanol–water partition coefficient (Wildman–Crippen LogP) is 1.36. The highest BCUT2D eigenvalue weighted by atomic mass is 127. The van der Waals surface area contributed by atoms with Crippen LogP contribution in [0.4, 0.5) is 0 Å². The average Bonchev–Trinajstić information content (AvgIpc) is 2.23. The van der Waals surface area contributed by atoms with E-state index in [1.165, 1.54) is 0 Å². The molecule has 0 saturated carbocycles. The second-order valence-electron chi connectivity index (χ2n) is 3.05. The third kappa shape index (κ3) is 3.89. The number of hydrogen-bond donors (Lipinski definition) is 1. The van der Waals surface area contributed by atoms with E-state index in [0.29, 0.717) is 13.7 Å². The number of carbonyl (C=O) groups is 1. The molecule has 0 atom stereocenters. The minimum Gasteiger partial charge on any atom is -0.351 e. The summed E-state index contributed by atoms with van der Waals surface area (Å²) in [7, 11) is 0. The van der Waals surface area contributed by atoms with E-state index >= 15 is 0 Å². The Hall–Kier alpha value is -0.380. The van der Waals surface area contributed by atoms with Crippen LogP contribution >= 0.6 is 45.2 Å². The summed E-state index contributed by atoms with van der Waals surface area (Å²) in [6.45, 7) is 4.17. The molecule has 4 nitrogen and oxygen atoms in total. The fourth-order valence-electron chi connectivity index (χ4n) is 1.06. The smallest absolute Gasteiger partial charge is 0.240 e. The van der Waals surface area contributed by atoms with Gasteiger partial charge in [0, 0.05) is 18.9 Å². The molecular formula is C10H10I2N2O2. The number of nitrogens with one attached hydrogen (secondary N) is 1. The average molecular weight is 444 g/mol. The molecular weight excluding hydrogens is 434 g/mol. The van der Waals surface area contributed by atoms with Gasteiger partial charge in [-0.1, -0.05) is 6.08 Å². The highest BCUT2D eigenvalue weighted by Crippen LogP contribution is 2.03. The molecule has 1 rings (SSSR count). The zero-order valence-corrected chi connectivity index (χ0v) is 12.7. The van der Waals surface area contributed by atoms with Crippen LogP contribution in [0.15, 0.2) is 29.8 Å². The number of hydrogen-bond acceptors (Lipinski definition) is 2. The topological polar surface area (TPSA) is 51.1 Å². The van der Waals surface area contributed by atoms with Gasteiger partial charge in [-0.3, -0.25) is 9.59 Å². The van der Waals surface area contributed by atoms with E-state index < -0.39 is 0 Å². The summed E-state index contributed by atoms with van der Waals surface area (Å²) in [6, 6.07) is 0. The first-order chi connectivity index (χ1) is 7.54. The monoisotopic (exact) mass is 444 g/mol. The summed E-state index contributed by atoms with van der Waals surface area (Å²) in [5, 5.41) is 2.67. The number of halogens is 2. The first kappa shape index (κ1) is 13.7. The Morgan fingerprint density at radius 1 is 1.44 bits per heavy atom. The first-order valence-corrected chi connectivity index (χ1v) is 6.63. The molecule has 6 heteroatoms. The Balaban J connectivity index is 2.78. The molecule has 1 heterocycles. The van der Waals surface area contributed by atoms with E-state index in [0.717, 1.165) is 0 Å². The van der Waals surface area contributed by atoms with Crippen molar-refractivity contribution < 1.29 is 4.79 Å². The lowest BCUT2D eigenvalue weighted by Crippen LogP contribution is -2.28. The van der Waals surface area contributed by atoms with Crippen LogP contribution in [0.2, 0.25) is 0 Å². The van der Waals surface area contributed by atoms with Crippen molar-refractivity contribution in [2.24, 2.45) is 0 Å². The highest BCUT2D eigenvalue weighted by molar-refractivity contribution is 14.1. The van der Waals surface area contributed by atoms with Gasteiger partial charge in [0.15, 0.2) is 0 Å². The molecule has 86 valence electrons. The summed E-state index contributed by atoms with van der Waals surface area (Å²) in [5.41, 5.74) is 0.00366. The summed E-state index contributed by atoms with van der Waals surface area (Å²) in [4.78, 5) is 22.9. The molecule has 0 fully saturated rings. The lowest BCUT2D eigenvalue weighted by Gasteiger charge is -2.07. The van der Waals surface area contributed by atoms with Crippen molar-refractivity contribution in [3.63, 3.8) is 0 Å². The van der Waals surface area contributed by atoms with Gasteiger partial charge in [-0.05, 0) is 45.2 Å². The van der Waals surface area contributed by atoms with Gasteiger partial charge < -0.3 is 9.88 Å². The molecule has 0 spiro atoms. The van der Waals surface area contributed by atoms with Gasteiger partial charge in [-0.2, -0.15) is 0 Å². The maximum Gasteiger partial charge on any atom is 0.240 e. The number of carbonyl (C=O) groups excluding carboxylic acids is 1. The first-order valence-electron chi connectivity index (χ1n) is 4.47. The van der Waals surface area contributed by atoms with Gasteiger partial charge in [0.05, 0.1) is 7.14 Å². The van der Waals surface area contributed by atoms with Crippen LogP contribution < -0.4 is 10.7 Å². The van der Waals surface area contributed by atoms with Crippen molar-refractivity contribution in [3.8, 4) is 0 Å². The molecule has 0 aliphatic carbocycles. The molecule has 0 aliphatic rings. The molecule has 1 amide bonds. The van der Waals surface area contributed by atoms with Crippen molar-refractivity contribution in [2.75, 3.05) is 6.54 Å². The Morgan fingerprint density at radius 2 is 2.00 bits per heavy atom.